The first kappa shape index (κ1) is 21.0. The summed E-state index contributed by atoms with van der Waals surface area (Å²) >= 11 is 12.2. The number of para-hydroxylation sites is 1. The predicted octanol–water partition coefficient (Wildman–Crippen LogP) is 5.80. The van der Waals surface area contributed by atoms with E-state index < -0.39 is 5.91 Å². The highest BCUT2D eigenvalue weighted by Crippen LogP contribution is 2.25. The van der Waals surface area contributed by atoms with Crippen molar-refractivity contribution in [3.63, 3.8) is 0 Å². The molecule has 31 heavy (non-hydrogen) atoms. The molecule has 9 heteroatoms. The highest BCUT2D eigenvalue weighted by molar-refractivity contribution is 6.33. The molecule has 0 aliphatic heterocycles. The summed E-state index contributed by atoms with van der Waals surface area (Å²) in [6.07, 6.45) is 1.57. The molecule has 158 valence electrons. The molecular formula is C22H16Cl2FN3O3. The molecule has 0 aliphatic carbocycles. The Balaban J connectivity index is 1.38. The van der Waals surface area contributed by atoms with Crippen molar-refractivity contribution >= 4 is 34.9 Å². The summed E-state index contributed by atoms with van der Waals surface area (Å²) < 4.78 is 25.7. The number of carbonyl (C=O) groups is 1. The SMILES string of the molecule is O=C(Nc1nn(Cc2ccc(F)cc2)cc1Cl)c1ccc(COc2ccccc2Cl)o1. The molecule has 0 unspecified atom stereocenters. The van der Waals surface area contributed by atoms with Crippen molar-refractivity contribution in [1.82, 2.24) is 9.78 Å². The average Bonchev–Trinajstić information content (AvgIpc) is 3.36. The van der Waals surface area contributed by atoms with E-state index in [1.165, 1.54) is 18.2 Å². The number of hydrogen-bond acceptors (Lipinski definition) is 4. The van der Waals surface area contributed by atoms with Gasteiger partial charge < -0.3 is 14.5 Å². The number of ether oxygens (including phenoxy) is 1. The summed E-state index contributed by atoms with van der Waals surface area (Å²) in [4.78, 5) is 12.5. The van der Waals surface area contributed by atoms with E-state index in [4.69, 9.17) is 32.4 Å². The summed E-state index contributed by atoms with van der Waals surface area (Å²) in [7, 11) is 0. The minimum atomic E-state index is -0.502. The zero-order chi connectivity index (χ0) is 21.8. The number of amides is 1. The third kappa shape index (κ3) is 5.25. The maximum atomic E-state index is 13.0. The first-order chi connectivity index (χ1) is 15.0. The number of nitrogens with one attached hydrogen (secondary N) is 1. The number of furan rings is 1. The van der Waals surface area contributed by atoms with Gasteiger partial charge in [-0.25, -0.2) is 4.39 Å². The van der Waals surface area contributed by atoms with Gasteiger partial charge in [0, 0.05) is 6.20 Å². The van der Waals surface area contributed by atoms with E-state index in [9.17, 15) is 9.18 Å². The summed E-state index contributed by atoms with van der Waals surface area (Å²) in [6.45, 7) is 0.490. The number of benzene rings is 2. The highest BCUT2D eigenvalue weighted by Gasteiger charge is 2.16. The molecule has 0 aliphatic rings. The second-order valence-corrected chi connectivity index (χ2v) is 7.40. The van der Waals surface area contributed by atoms with E-state index in [2.05, 4.69) is 10.4 Å². The molecule has 6 nitrogen and oxygen atoms in total. The molecule has 0 radical (unpaired) electrons. The number of hydrogen-bond donors (Lipinski definition) is 1. The van der Waals surface area contributed by atoms with Gasteiger partial charge in [0.15, 0.2) is 11.6 Å². The molecule has 0 saturated heterocycles. The number of nitrogens with zero attached hydrogens (tertiary/aromatic N) is 2. The molecule has 1 N–H and O–H groups in total. The van der Waals surface area contributed by atoms with Gasteiger partial charge in [-0.15, -0.1) is 0 Å². The van der Waals surface area contributed by atoms with Gasteiger partial charge in [-0.2, -0.15) is 5.10 Å². The number of carbonyl (C=O) groups excluding carboxylic acids is 1. The lowest BCUT2D eigenvalue weighted by molar-refractivity contribution is 0.0992. The molecule has 0 atom stereocenters. The number of rotatable bonds is 7. The maximum absolute atomic E-state index is 13.0. The number of halogens is 3. The summed E-state index contributed by atoms with van der Waals surface area (Å²) in [5.41, 5.74) is 0.840. The van der Waals surface area contributed by atoms with E-state index in [0.717, 1.165) is 5.56 Å². The highest BCUT2D eigenvalue weighted by atomic mass is 35.5. The van der Waals surface area contributed by atoms with E-state index in [-0.39, 0.29) is 29.0 Å². The van der Waals surface area contributed by atoms with Crippen LogP contribution >= 0.6 is 23.2 Å². The fraction of sp³-hybridized carbons (Fsp3) is 0.0909. The Kier molecular flexibility index (Phi) is 6.25. The smallest absolute Gasteiger partial charge is 0.292 e. The van der Waals surface area contributed by atoms with Crippen LogP contribution in [0.3, 0.4) is 0 Å². The van der Waals surface area contributed by atoms with Crippen molar-refractivity contribution in [3.05, 3.63) is 99.8 Å². The van der Waals surface area contributed by atoms with Crippen LogP contribution in [0.2, 0.25) is 10.0 Å². The van der Waals surface area contributed by atoms with Gasteiger partial charge >= 0.3 is 0 Å². The van der Waals surface area contributed by atoms with Crippen molar-refractivity contribution in [3.8, 4) is 5.75 Å². The van der Waals surface area contributed by atoms with Crippen LogP contribution in [-0.2, 0) is 13.2 Å². The van der Waals surface area contributed by atoms with Crippen molar-refractivity contribution < 1.29 is 18.3 Å². The lowest BCUT2D eigenvalue weighted by Gasteiger charge is -2.05. The Morgan fingerprint density at radius 1 is 1.06 bits per heavy atom. The van der Waals surface area contributed by atoms with Gasteiger partial charge in [0.25, 0.3) is 5.91 Å². The first-order valence-electron chi connectivity index (χ1n) is 9.23. The van der Waals surface area contributed by atoms with E-state index in [1.54, 1.807) is 53.3 Å². The molecule has 0 spiro atoms. The third-order valence-corrected chi connectivity index (χ3v) is 4.89. The van der Waals surface area contributed by atoms with Crippen LogP contribution in [0.25, 0.3) is 0 Å². The molecule has 2 heterocycles. The van der Waals surface area contributed by atoms with Crippen LogP contribution in [0.1, 0.15) is 21.9 Å². The molecule has 0 fully saturated rings. The van der Waals surface area contributed by atoms with Crippen LogP contribution < -0.4 is 10.1 Å². The Hall–Kier alpha value is -3.29. The molecule has 2 aromatic carbocycles. The first-order valence-corrected chi connectivity index (χ1v) is 9.98. The van der Waals surface area contributed by atoms with Gasteiger partial charge in [0.05, 0.1) is 11.6 Å². The molecule has 4 rings (SSSR count). The molecule has 0 saturated carbocycles. The van der Waals surface area contributed by atoms with Crippen molar-refractivity contribution in [2.24, 2.45) is 0 Å². The third-order valence-electron chi connectivity index (χ3n) is 4.30. The lowest BCUT2D eigenvalue weighted by Crippen LogP contribution is -2.12. The van der Waals surface area contributed by atoms with E-state index in [1.807, 2.05) is 0 Å². The van der Waals surface area contributed by atoms with Crippen molar-refractivity contribution in [2.75, 3.05) is 5.32 Å². The quantitative estimate of drug-likeness (QED) is 0.379. The Bertz CT molecular complexity index is 1200. The molecule has 4 aromatic rings. The second kappa shape index (κ2) is 9.24. The van der Waals surface area contributed by atoms with Gasteiger partial charge in [-0.05, 0) is 42.0 Å². The van der Waals surface area contributed by atoms with Crippen LogP contribution in [0.4, 0.5) is 10.2 Å². The zero-order valence-corrected chi connectivity index (χ0v) is 17.5. The van der Waals surface area contributed by atoms with E-state index >= 15 is 0 Å². The summed E-state index contributed by atoms with van der Waals surface area (Å²) in [5.74, 6) is 0.437. The second-order valence-electron chi connectivity index (χ2n) is 6.59. The van der Waals surface area contributed by atoms with Crippen LogP contribution in [0, 0.1) is 5.82 Å². The van der Waals surface area contributed by atoms with Gasteiger partial charge in [-0.1, -0.05) is 47.5 Å². The fourth-order valence-electron chi connectivity index (χ4n) is 2.80. The predicted molar refractivity (Wildman–Crippen MR) is 115 cm³/mol. The Morgan fingerprint density at radius 2 is 1.84 bits per heavy atom. The fourth-order valence-corrected chi connectivity index (χ4v) is 3.18. The molecule has 0 bridgehead atoms. The number of aromatic nitrogens is 2. The molecule has 1 amide bonds. The van der Waals surface area contributed by atoms with Crippen LogP contribution in [-0.4, -0.2) is 15.7 Å². The zero-order valence-electron chi connectivity index (χ0n) is 16.0. The molecular weight excluding hydrogens is 444 g/mol. The lowest BCUT2D eigenvalue weighted by atomic mass is 10.2. The van der Waals surface area contributed by atoms with Crippen LogP contribution in [0.5, 0.6) is 5.75 Å². The maximum Gasteiger partial charge on any atom is 0.292 e. The minimum Gasteiger partial charge on any atom is -0.484 e. The monoisotopic (exact) mass is 459 g/mol. The summed E-state index contributed by atoms with van der Waals surface area (Å²) in [5, 5.41) is 7.64. The largest absolute Gasteiger partial charge is 0.484 e. The van der Waals surface area contributed by atoms with Crippen molar-refractivity contribution in [2.45, 2.75) is 13.2 Å². The standard InChI is InChI=1S/C22H16Cl2FN3O3/c23-17-3-1-2-4-19(17)30-13-16-9-10-20(31-16)22(29)26-21-18(24)12-28(27-21)11-14-5-7-15(25)8-6-14/h1-10,12H,11,13H2,(H,26,27,29). The van der Waals surface area contributed by atoms with Gasteiger partial charge in [0.1, 0.15) is 29.0 Å². The van der Waals surface area contributed by atoms with Crippen LogP contribution in [0.15, 0.2) is 71.3 Å². The van der Waals surface area contributed by atoms with Gasteiger partial charge in [-0.3, -0.25) is 9.48 Å². The number of anilines is 1. The summed E-state index contributed by atoms with van der Waals surface area (Å²) in [6, 6.07) is 16.3. The minimum absolute atomic E-state index is 0.0851. The van der Waals surface area contributed by atoms with E-state index in [0.29, 0.717) is 23.1 Å². The normalized spacial score (nSPS) is 10.8. The van der Waals surface area contributed by atoms with Gasteiger partial charge in [0.2, 0.25) is 0 Å². The topological polar surface area (TPSA) is 69.3 Å². The van der Waals surface area contributed by atoms with Crippen molar-refractivity contribution in [1.29, 1.82) is 0 Å². The Labute approximate surface area is 187 Å². The Morgan fingerprint density at radius 3 is 2.61 bits per heavy atom. The molecule has 2 aromatic heterocycles. The average molecular weight is 460 g/mol.